The van der Waals surface area contributed by atoms with Gasteiger partial charge in [-0.15, -0.1) is 0 Å². The Kier molecular flexibility index (Phi) is 3.41. The Labute approximate surface area is 107 Å². The molecule has 1 heterocycles. The highest BCUT2D eigenvalue weighted by Gasteiger charge is 2.15. The number of hydrogen-bond acceptors (Lipinski definition) is 1. The summed E-state index contributed by atoms with van der Waals surface area (Å²) >= 11 is 0. The SMILES string of the molecule is CCCCc1c(C)[nH]c2c(C(=O)O)cc(C)cc12. The van der Waals surface area contributed by atoms with Crippen molar-refractivity contribution in [2.45, 2.75) is 40.0 Å². The average Bonchev–Trinajstić information content (AvgIpc) is 2.61. The zero-order chi connectivity index (χ0) is 13.3. The predicted octanol–water partition coefficient (Wildman–Crippen LogP) is 3.83. The minimum atomic E-state index is -0.869. The van der Waals surface area contributed by atoms with Crippen LogP contribution in [0.1, 0.15) is 46.9 Å². The number of fused-ring (bicyclic) bond motifs is 1. The number of carboxylic acid groups (broad SMARTS) is 1. The van der Waals surface area contributed by atoms with E-state index in [2.05, 4.69) is 18.0 Å². The molecule has 2 N–H and O–H groups in total. The van der Waals surface area contributed by atoms with Gasteiger partial charge in [0.05, 0.1) is 11.1 Å². The second-order valence-corrected chi connectivity index (χ2v) is 4.87. The van der Waals surface area contributed by atoms with Crippen LogP contribution in [0.5, 0.6) is 0 Å². The zero-order valence-corrected chi connectivity index (χ0v) is 11.1. The molecule has 0 atom stereocenters. The molecule has 3 nitrogen and oxygen atoms in total. The Bertz CT molecular complexity index is 596. The summed E-state index contributed by atoms with van der Waals surface area (Å²) in [4.78, 5) is 14.5. The summed E-state index contributed by atoms with van der Waals surface area (Å²) in [6, 6.07) is 3.81. The van der Waals surface area contributed by atoms with Crippen molar-refractivity contribution in [1.82, 2.24) is 4.98 Å². The first-order valence-corrected chi connectivity index (χ1v) is 6.39. The lowest BCUT2D eigenvalue weighted by Crippen LogP contribution is -1.98. The quantitative estimate of drug-likeness (QED) is 0.860. The van der Waals surface area contributed by atoms with Crippen LogP contribution in [0.25, 0.3) is 10.9 Å². The fraction of sp³-hybridized carbons (Fsp3) is 0.400. The molecule has 0 fully saturated rings. The third-order valence-electron chi connectivity index (χ3n) is 3.38. The molecule has 96 valence electrons. The summed E-state index contributed by atoms with van der Waals surface area (Å²) in [7, 11) is 0. The lowest BCUT2D eigenvalue weighted by molar-refractivity contribution is 0.0699. The van der Waals surface area contributed by atoms with Gasteiger partial charge in [-0.3, -0.25) is 0 Å². The van der Waals surface area contributed by atoms with E-state index >= 15 is 0 Å². The highest BCUT2D eigenvalue weighted by molar-refractivity contribution is 6.03. The average molecular weight is 245 g/mol. The largest absolute Gasteiger partial charge is 0.478 e. The van der Waals surface area contributed by atoms with Crippen molar-refractivity contribution in [1.29, 1.82) is 0 Å². The van der Waals surface area contributed by atoms with E-state index in [0.717, 1.165) is 41.4 Å². The fourth-order valence-electron chi connectivity index (χ4n) is 2.47. The minimum Gasteiger partial charge on any atom is -0.478 e. The molecule has 0 radical (unpaired) electrons. The number of unbranched alkanes of at least 4 members (excludes halogenated alkanes) is 1. The molecule has 2 aromatic rings. The van der Waals surface area contributed by atoms with E-state index in [0.29, 0.717) is 5.56 Å². The standard InChI is InChI=1S/C15H19NO2/c1-4-5-6-11-10(3)16-14-12(11)7-9(2)8-13(14)15(17)18/h7-8,16H,4-6H2,1-3H3,(H,17,18). The number of rotatable bonds is 4. The van der Waals surface area contributed by atoms with Gasteiger partial charge in [0.15, 0.2) is 0 Å². The van der Waals surface area contributed by atoms with Gasteiger partial charge >= 0.3 is 5.97 Å². The summed E-state index contributed by atoms with van der Waals surface area (Å²) in [5.74, 6) is -0.869. The van der Waals surface area contributed by atoms with Gasteiger partial charge in [-0.1, -0.05) is 13.3 Å². The molecule has 1 aromatic heterocycles. The Hall–Kier alpha value is -1.77. The lowest BCUT2D eigenvalue weighted by Gasteiger charge is -2.03. The van der Waals surface area contributed by atoms with Crippen molar-refractivity contribution in [3.8, 4) is 0 Å². The molecule has 0 spiro atoms. The number of hydrogen-bond donors (Lipinski definition) is 2. The number of aromatic amines is 1. The number of carbonyl (C=O) groups is 1. The molecule has 0 aliphatic carbocycles. The van der Waals surface area contributed by atoms with E-state index in [1.54, 1.807) is 6.07 Å². The van der Waals surface area contributed by atoms with Gasteiger partial charge in [0.2, 0.25) is 0 Å². The highest BCUT2D eigenvalue weighted by Crippen LogP contribution is 2.28. The van der Waals surface area contributed by atoms with E-state index in [4.69, 9.17) is 0 Å². The van der Waals surface area contributed by atoms with E-state index in [1.807, 2.05) is 13.8 Å². The van der Waals surface area contributed by atoms with Gasteiger partial charge in [-0.2, -0.15) is 0 Å². The molecular formula is C15H19NO2. The van der Waals surface area contributed by atoms with Crippen LogP contribution < -0.4 is 0 Å². The molecule has 3 heteroatoms. The molecule has 2 rings (SSSR count). The maximum Gasteiger partial charge on any atom is 0.337 e. The smallest absolute Gasteiger partial charge is 0.337 e. The van der Waals surface area contributed by atoms with Crippen LogP contribution in [0.15, 0.2) is 12.1 Å². The number of aromatic nitrogens is 1. The molecule has 0 aliphatic rings. The van der Waals surface area contributed by atoms with E-state index in [9.17, 15) is 9.90 Å². The maximum absolute atomic E-state index is 11.3. The van der Waals surface area contributed by atoms with Crippen LogP contribution in [0.3, 0.4) is 0 Å². The first-order chi connectivity index (χ1) is 8.54. The van der Waals surface area contributed by atoms with Crippen LogP contribution in [0.2, 0.25) is 0 Å². The molecular weight excluding hydrogens is 226 g/mol. The first kappa shape index (κ1) is 12.7. The summed E-state index contributed by atoms with van der Waals surface area (Å²) in [5, 5.41) is 10.3. The molecule has 0 aliphatic heterocycles. The van der Waals surface area contributed by atoms with Crippen LogP contribution in [-0.2, 0) is 6.42 Å². The van der Waals surface area contributed by atoms with Crippen molar-refractivity contribution in [2.24, 2.45) is 0 Å². The summed E-state index contributed by atoms with van der Waals surface area (Å²) < 4.78 is 0. The van der Waals surface area contributed by atoms with Crippen molar-refractivity contribution in [3.63, 3.8) is 0 Å². The predicted molar refractivity (Wildman–Crippen MR) is 73.3 cm³/mol. The van der Waals surface area contributed by atoms with Gasteiger partial charge in [0.25, 0.3) is 0 Å². The van der Waals surface area contributed by atoms with Crippen molar-refractivity contribution in [2.75, 3.05) is 0 Å². The van der Waals surface area contributed by atoms with E-state index in [1.165, 1.54) is 5.56 Å². The molecule has 18 heavy (non-hydrogen) atoms. The summed E-state index contributed by atoms with van der Waals surface area (Å²) in [5.41, 5.74) is 4.48. The number of nitrogens with one attached hydrogen (secondary N) is 1. The molecule has 0 bridgehead atoms. The number of benzene rings is 1. The Morgan fingerprint density at radius 1 is 1.33 bits per heavy atom. The van der Waals surface area contributed by atoms with Crippen molar-refractivity contribution < 1.29 is 9.90 Å². The van der Waals surface area contributed by atoms with E-state index < -0.39 is 5.97 Å². The number of aryl methyl sites for hydroxylation is 3. The number of carboxylic acids is 1. The van der Waals surface area contributed by atoms with Crippen LogP contribution in [0, 0.1) is 13.8 Å². The molecule has 0 amide bonds. The van der Waals surface area contributed by atoms with Gasteiger partial charge in [0, 0.05) is 11.1 Å². The third-order valence-corrected chi connectivity index (χ3v) is 3.38. The third kappa shape index (κ3) is 2.13. The topological polar surface area (TPSA) is 53.1 Å². The van der Waals surface area contributed by atoms with Crippen LogP contribution in [-0.4, -0.2) is 16.1 Å². The Morgan fingerprint density at radius 3 is 2.67 bits per heavy atom. The Balaban J connectivity index is 2.66. The molecule has 0 saturated carbocycles. The van der Waals surface area contributed by atoms with Crippen LogP contribution >= 0.6 is 0 Å². The number of H-pyrrole nitrogens is 1. The van der Waals surface area contributed by atoms with Gasteiger partial charge < -0.3 is 10.1 Å². The lowest BCUT2D eigenvalue weighted by atomic mass is 10.0. The second kappa shape index (κ2) is 4.84. The van der Waals surface area contributed by atoms with Crippen LogP contribution in [0.4, 0.5) is 0 Å². The van der Waals surface area contributed by atoms with Gasteiger partial charge in [0.1, 0.15) is 0 Å². The highest BCUT2D eigenvalue weighted by atomic mass is 16.4. The fourth-order valence-corrected chi connectivity index (χ4v) is 2.47. The summed E-state index contributed by atoms with van der Waals surface area (Å²) in [6.07, 6.45) is 3.28. The second-order valence-electron chi connectivity index (χ2n) is 4.87. The first-order valence-electron chi connectivity index (χ1n) is 6.39. The van der Waals surface area contributed by atoms with Crippen molar-refractivity contribution >= 4 is 16.9 Å². The molecule has 0 unspecified atom stereocenters. The Morgan fingerprint density at radius 2 is 2.06 bits per heavy atom. The monoisotopic (exact) mass is 245 g/mol. The van der Waals surface area contributed by atoms with Gasteiger partial charge in [-0.25, -0.2) is 4.79 Å². The maximum atomic E-state index is 11.3. The van der Waals surface area contributed by atoms with Gasteiger partial charge in [-0.05, 0) is 49.9 Å². The molecule has 0 saturated heterocycles. The summed E-state index contributed by atoms with van der Waals surface area (Å²) in [6.45, 7) is 6.13. The van der Waals surface area contributed by atoms with Crippen molar-refractivity contribution in [3.05, 3.63) is 34.5 Å². The molecule has 1 aromatic carbocycles. The number of aromatic carboxylic acids is 1. The minimum absolute atomic E-state index is 0.371. The van der Waals surface area contributed by atoms with E-state index in [-0.39, 0.29) is 0 Å². The zero-order valence-electron chi connectivity index (χ0n) is 11.1. The normalized spacial score (nSPS) is 11.1.